The molecule has 0 spiro atoms. The second kappa shape index (κ2) is 6.87. The SMILES string of the molecule is [CH2]C1CCN(CCCN2CCSCC2)CC1. The Morgan fingerprint density at radius 3 is 2.12 bits per heavy atom. The van der Waals surface area contributed by atoms with Gasteiger partial charge in [-0.25, -0.2) is 0 Å². The van der Waals surface area contributed by atoms with E-state index >= 15 is 0 Å². The van der Waals surface area contributed by atoms with Crippen LogP contribution in [0.2, 0.25) is 0 Å². The van der Waals surface area contributed by atoms with E-state index in [0.29, 0.717) is 0 Å². The standard InChI is InChI=1S/C13H25N2S/c1-13-3-7-14(8-4-13)5-2-6-15-9-11-16-12-10-15/h13H,1-12H2. The molecule has 0 N–H and O–H groups in total. The summed E-state index contributed by atoms with van der Waals surface area (Å²) in [5.41, 5.74) is 0. The first kappa shape index (κ1) is 12.7. The molecule has 2 rings (SSSR count). The van der Waals surface area contributed by atoms with Crippen LogP contribution in [0.3, 0.4) is 0 Å². The molecule has 2 aliphatic heterocycles. The Morgan fingerprint density at radius 1 is 0.938 bits per heavy atom. The largest absolute Gasteiger partial charge is 0.303 e. The van der Waals surface area contributed by atoms with Crippen LogP contribution in [-0.2, 0) is 0 Å². The van der Waals surface area contributed by atoms with E-state index in [-0.39, 0.29) is 0 Å². The van der Waals surface area contributed by atoms with Crippen LogP contribution in [0.25, 0.3) is 0 Å². The molecular weight excluding hydrogens is 216 g/mol. The summed E-state index contributed by atoms with van der Waals surface area (Å²) in [6.07, 6.45) is 3.97. The van der Waals surface area contributed by atoms with Crippen LogP contribution in [0.1, 0.15) is 19.3 Å². The molecule has 93 valence electrons. The second-order valence-electron chi connectivity index (χ2n) is 5.09. The predicted molar refractivity (Wildman–Crippen MR) is 72.9 cm³/mol. The lowest BCUT2D eigenvalue weighted by Gasteiger charge is -2.31. The van der Waals surface area contributed by atoms with E-state index < -0.39 is 0 Å². The fourth-order valence-electron chi connectivity index (χ4n) is 2.55. The highest BCUT2D eigenvalue weighted by molar-refractivity contribution is 7.99. The van der Waals surface area contributed by atoms with Crippen molar-refractivity contribution in [2.45, 2.75) is 19.3 Å². The van der Waals surface area contributed by atoms with Crippen molar-refractivity contribution in [3.63, 3.8) is 0 Å². The molecule has 0 saturated carbocycles. The zero-order chi connectivity index (χ0) is 11.2. The summed E-state index contributed by atoms with van der Waals surface area (Å²) < 4.78 is 0. The normalized spacial score (nSPS) is 26.1. The molecule has 2 saturated heterocycles. The summed E-state index contributed by atoms with van der Waals surface area (Å²) in [6.45, 7) is 11.9. The second-order valence-corrected chi connectivity index (χ2v) is 6.32. The van der Waals surface area contributed by atoms with Crippen LogP contribution in [0.4, 0.5) is 0 Å². The monoisotopic (exact) mass is 241 g/mol. The van der Waals surface area contributed by atoms with Gasteiger partial charge in [-0.15, -0.1) is 0 Å². The Bertz CT molecular complexity index is 184. The first-order valence-electron chi connectivity index (χ1n) is 6.70. The van der Waals surface area contributed by atoms with E-state index in [1.54, 1.807) is 0 Å². The first-order valence-corrected chi connectivity index (χ1v) is 7.85. The Kier molecular flexibility index (Phi) is 5.46. The van der Waals surface area contributed by atoms with E-state index in [0.717, 1.165) is 5.92 Å². The van der Waals surface area contributed by atoms with Gasteiger partial charge in [0.15, 0.2) is 0 Å². The molecule has 0 unspecified atom stereocenters. The van der Waals surface area contributed by atoms with Gasteiger partial charge in [0.2, 0.25) is 0 Å². The molecule has 3 heteroatoms. The summed E-state index contributed by atoms with van der Waals surface area (Å²) in [5.74, 6) is 3.40. The molecule has 2 heterocycles. The molecule has 0 aromatic rings. The molecule has 2 aliphatic rings. The molecule has 0 atom stereocenters. The minimum absolute atomic E-state index is 0.718. The quantitative estimate of drug-likeness (QED) is 0.743. The molecule has 2 nitrogen and oxygen atoms in total. The highest BCUT2D eigenvalue weighted by Crippen LogP contribution is 2.16. The van der Waals surface area contributed by atoms with Crippen molar-refractivity contribution in [3.05, 3.63) is 6.92 Å². The van der Waals surface area contributed by atoms with Crippen LogP contribution in [0, 0.1) is 12.8 Å². The first-order chi connectivity index (χ1) is 7.84. The number of hydrogen-bond acceptors (Lipinski definition) is 3. The van der Waals surface area contributed by atoms with Crippen LogP contribution < -0.4 is 0 Å². The number of likely N-dealkylation sites (tertiary alicyclic amines) is 1. The molecule has 0 aromatic carbocycles. The Labute approximate surface area is 105 Å². The maximum Gasteiger partial charge on any atom is 0.00727 e. The van der Waals surface area contributed by atoms with Crippen molar-refractivity contribution in [1.82, 2.24) is 9.80 Å². The minimum Gasteiger partial charge on any atom is -0.303 e. The van der Waals surface area contributed by atoms with Gasteiger partial charge in [-0.1, -0.05) is 6.92 Å². The van der Waals surface area contributed by atoms with Gasteiger partial charge in [-0.2, -0.15) is 11.8 Å². The summed E-state index contributed by atoms with van der Waals surface area (Å²) >= 11 is 2.10. The third-order valence-corrected chi connectivity index (χ3v) is 4.70. The molecular formula is C13H25N2S. The smallest absolute Gasteiger partial charge is 0.00727 e. The molecule has 0 amide bonds. The fraction of sp³-hybridized carbons (Fsp3) is 0.923. The average Bonchev–Trinajstić information content (AvgIpc) is 2.33. The lowest BCUT2D eigenvalue weighted by atomic mass is 9.99. The Morgan fingerprint density at radius 2 is 1.50 bits per heavy atom. The van der Waals surface area contributed by atoms with E-state index in [2.05, 4.69) is 28.5 Å². The summed E-state index contributed by atoms with van der Waals surface area (Å²) in [5, 5.41) is 0. The summed E-state index contributed by atoms with van der Waals surface area (Å²) in [6, 6.07) is 0. The van der Waals surface area contributed by atoms with Crippen molar-refractivity contribution in [1.29, 1.82) is 0 Å². The van der Waals surface area contributed by atoms with Gasteiger partial charge in [-0.05, 0) is 51.4 Å². The highest BCUT2D eigenvalue weighted by atomic mass is 32.2. The topological polar surface area (TPSA) is 6.48 Å². The molecule has 1 radical (unpaired) electrons. The zero-order valence-electron chi connectivity index (χ0n) is 10.4. The van der Waals surface area contributed by atoms with Gasteiger partial charge in [0, 0.05) is 24.6 Å². The van der Waals surface area contributed by atoms with Crippen LogP contribution in [-0.4, -0.2) is 60.6 Å². The molecule has 0 bridgehead atoms. The number of rotatable bonds is 4. The summed E-state index contributed by atoms with van der Waals surface area (Å²) in [7, 11) is 0. The van der Waals surface area contributed by atoms with Gasteiger partial charge in [0.05, 0.1) is 0 Å². The van der Waals surface area contributed by atoms with Gasteiger partial charge in [-0.3, -0.25) is 0 Å². The van der Waals surface area contributed by atoms with Gasteiger partial charge in [0.25, 0.3) is 0 Å². The number of hydrogen-bond donors (Lipinski definition) is 0. The van der Waals surface area contributed by atoms with Crippen molar-refractivity contribution in [2.75, 3.05) is 50.8 Å². The van der Waals surface area contributed by atoms with E-state index in [9.17, 15) is 0 Å². The highest BCUT2D eigenvalue weighted by Gasteiger charge is 2.16. The van der Waals surface area contributed by atoms with E-state index in [1.807, 2.05) is 0 Å². The van der Waals surface area contributed by atoms with Gasteiger partial charge >= 0.3 is 0 Å². The maximum absolute atomic E-state index is 4.15. The third kappa shape index (κ3) is 4.27. The van der Waals surface area contributed by atoms with Crippen LogP contribution in [0.5, 0.6) is 0 Å². The number of thioether (sulfide) groups is 1. The maximum atomic E-state index is 4.15. The van der Waals surface area contributed by atoms with Crippen LogP contribution >= 0.6 is 11.8 Å². The third-order valence-electron chi connectivity index (χ3n) is 3.76. The zero-order valence-corrected chi connectivity index (χ0v) is 11.2. The van der Waals surface area contributed by atoms with Crippen molar-refractivity contribution in [2.24, 2.45) is 5.92 Å². The van der Waals surface area contributed by atoms with Crippen molar-refractivity contribution >= 4 is 11.8 Å². The molecule has 16 heavy (non-hydrogen) atoms. The lowest BCUT2D eigenvalue weighted by Crippen LogP contribution is -2.37. The Balaban J connectivity index is 1.53. The Hall–Kier alpha value is 0.270. The van der Waals surface area contributed by atoms with Gasteiger partial charge in [0.1, 0.15) is 0 Å². The minimum atomic E-state index is 0.718. The van der Waals surface area contributed by atoms with Crippen molar-refractivity contribution < 1.29 is 0 Å². The summed E-state index contributed by atoms with van der Waals surface area (Å²) in [4.78, 5) is 5.25. The average molecular weight is 241 g/mol. The van der Waals surface area contributed by atoms with Crippen LogP contribution in [0.15, 0.2) is 0 Å². The molecule has 0 aromatic heterocycles. The van der Waals surface area contributed by atoms with Gasteiger partial charge < -0.3 is 9.80 Å². The molecule has 0 aliphatic carbocycles. The fourth-order valence-corrected chi connectivity index (χ4v) is 3.53. The lowest BCUT2D eigenvalue weighted by molar-refractivity contribution is 0.187. The van der Waals surface area contributed by atoms with E-state index in [4.69, 9.17) is 0 Å². The predicted octanol–water partition coefficient (Wildman–Crippen LogP) is 1.97. The van der Waals surface area contributed by atoms with Crippen molar-refractivity contribution in [3.8, 4) is 0 Å². The van der Waals surface area contributed by atoms with E-state index in [1.165, 1.54) is 70.0 Å². The number of piperidine rings is 1. The molecule has 2 fully saturated rings. The number of nitrogens with zero attached hydrogens (tertiary/aromatic N) is 2.